The lowest BCUT2D eigenvalue weighted by atomic mass is 10.0. The molecule has 11 rings (SSSR count). The van der Waals surface area contributed by atoms with Gasteiger partial charge >= 0.3 is 0 Å². The molecule has 0 aliphatic carbocycles. The normalized spacial score (nSPS) is 11.7. The third-order valence-electron chi connectivity index (χ3n) is 10.3. The highest BCUT2D eigenvalue weighted by molar-refractivity contribution is 6.10. The molecule has 0 atom stereocenters. The van der Waals surface area contributed by atoms with E-state index in [0.717, 1.165) is 89.2 Å². The van der Waals surface area contributed by atoms with Gasteiger partial charge in [-0.25, -0.2) is 19.9 Å². The summed E-state index contributed by atoms with van der Waals surface area (Å²) in [6.07, 6.45) is 0. The largest absolute Gasteiger partial charge is 0.279 e. The van der Waals surface area contributed by atoms with E-state index in [1.165, 1.54) is 5.39 Å². The molecule has 0 saturated carbocycles. The van der Waals surface area contributed by atoms with Crippen molar-refractivity contribution in [1.29, 1.82) is 0 Å². The van der Waals surface area contributed by atoms with Gasteiger partial charge < -0.3 is 0 Å². The minimum atomic E-state index is 0.691. The molecular formula is C48H30N6. The lowest BCUT2D eigenvalue weighted by Gasteiger charge is -2.13. The summed E-state index contributed by atoms with van der Waals surface area (Å²) in [5.41, 5.74) is 13.0. The van der Waals surface area contributed by atoms with Crippen LogP contribution in [0.25, 0.3) is 100 Å². The molecule has 6 heteroatoms. The first-order valence-electron chi connectivity index (χ1n) is 18.1. The second-order valence-electron chi connectivity index (χ2n) is 13.5. The maximum absolute atomic E-state index is 5.35. The first-order valence-corrected chi connectivity index (χ1v) is 18.1. The third-order valence-corrected chi connectivity index (χ3v) is 10.3. The Labute approximate surface area is 310 Å². The summed E-state index contributed by atoms with van der Waals surface area (Å²) in [4.78, 5) is 20.6. The Morgan fingerprint density at radius 1 is 0.333 bits per heavy atom. The predicted octanol–water partition coefficient (Wildman–Crippen LogP) is 11.6. The van der Waals surface area contributed by atoms with Crippen molar-refractivity contribution in [2.45, 2.75) is 0 Å². The van der Waals surface area contributed by atoms with Crippen molar-refractivity contribution < 1.29 is 0 Å². The van der Waals surface area contributed by atoms with Crippen molar-refractivity contribution >= 4 is 49.4 Å². The van der Waals surface area contributed by atoms with Gasteiger partial charge in [0.05, 0.1) is 39.0 Å². The van der Waals surface area contributed by atoms with Crippen molar-refractivity contribution in [3.8, 4) is 51.0 Å². The van der Waals surface area contributed by atoms with Gasteiger partial charge in [-0.1, -0.05) is 140 Å². The van der Waals surface area contributed by atoms with E-state index < -0.39 is 0 Å². The summed E-state index contributed by atoms with van der Waals surface area (Å²) in [6.45, 7) is 0. The Morgan fingerprint density at radius 3 is 1.61 bits per heavy atom. The van der Waals surface area contributed by atoms with Crippen LogP contribution in [-0.4, -0.2) is 28.9 Å². The van der Waals surface area contributed by atoms with Crippen molar-refractivity contribution in [2.24, 2.45) is 0 Å². The van der Waals surface area contributed by atoms with Crippen molar-refractivity contribution in [2.75, 3.05) is 0 Å². The van der Waals surface area contributed by atoms with E-state index in [2.05, 4.69) is 142 Å². The van der Waals surface area contributed by atoms with Crippen LogP contribution in [0.15, 0.2) is 182 Å². The van der Waals surface area contributed by atoms with Crippen LogP contribution in [0.2, 0.25) is 0 Å². The molecule has 4 aromatic heterocycles. The van der Waals surface area contributed by atoms with Gasteiger partial charge in [0.15, 0.2) is 5.82 Å². The summed E-state index contributed by atoms with van der Waals surface area (Å²) in [7, 11) is 0. The van der Waals surface area contributed by atoms with Crippen LogP contribution >= 0.6 is 0 Å². The summed E-state index contributed by atoms with van der Waals surface area (Å²) in [6, 6.07) is 63.1. The van der Waals surface area contributed by atoms with E-state index in [1.54, 1.807) is 0 Å². The molecule has 54 heavy (non-hydrogen) atoms. The maximum atomic E-state index is 5.35. The monoisotopic (exact) mass is 690 g/mol. The first-order chi connectivity index (χ1) is 26.8. The number of rotatable bonds is 5. The number of aromatic nitrogens is 6. The molecule has 0 spiro atoms. The minimum Gasteiger partial charge on any atom is -0.279 e. The van der Waals surface area contributed by atoms with E-state index in [4.69, 9.17) is 19.9 Å². The second-order valence-corrected chi connectivity index (χ2v) is 13.5. The molecule has 0 radical (unpaired) electrons. The number of hydrogen-bond acceptors (Lipinski definition) is 4. The SMILES string of the molecule is c1ccc(-c2cc(-c3ccccc3)nc(-c3ccc(-c4ccc5c6ccccc6n(-c6nc7ccccc7c7nc8ccccc8n67)c5c4)cc3)n2)cc1. The fourth-order valence-electron chi connectivity index (χ4n) is 7.74. The van der Waals surface area contributed by atoms with Crippen LogP contribution in [0.5, 0.6) is 0 Å². The first kappa shape index (κ1) is 30.2. The lowest BCUT2D eigenvalue weighted by molar-refractivity contribution is 0.979. The Bertz CT molecular complexity index is 3140. The molecule has 0 unspecified atom stereocenters. The van der Waals surface area contributed by atoms with Crippen LogP contribution in [-0.2, 0) is 0 Å². The van der Waals surface area contributed by atoms with Gasteiger partial charge in [0.25, 0.3) is 0 Å². The molecular weight excluding hydrogens is 661 g/mol. The van der Waals surface area contributed by atoms with Gasteiger partial charge in [-0.05, 0) is 53.6 Å². The van der Waals surface area contributed by atoms with E-state index in [1.807, 2.05) is 48.5 Å². The molecule has 0 fully saturated rings. The number of imidazole rings is 1. The van der Waals surface area contributed by atoms with E-state index >= 15 is 0 Å². The molecule has 0 amide bonds. The second kappa shape index (κ2) is 12.1. The standard InChI is InChI=1S/C48H30N6/c1-3-13-32(14-4-1)41-30-42(33-15-5-2-6-16-33)50-46(49-41)34-25-23-31(24-26-34)35-27-28-37-36-17-8-11-21-43(36)53(45(37)29-35)48-52-39-19-9-7-18-38(39)47-51-40-20-10-12-22-44(40)54(47)48/h1-30H. The Kier molecular flexibility index (Phi) is 6.75. The van der Waals surface area contributed by atoms with Crippen LogP contribution in [0.3, 0.4) is 0 Å². The number of fused-ring (bicyclic) bond motifs is 8. The van der Waals surface area contributed by atoms with Crippen LogP contribution in [0.1, 0.15) is 0 Å². The van der Waals surface area contributed by atoms with E-state index in [-0.39, 0.29) is 0 Å². The fourth-order valence-corrected chi connectivity index (χ4v) is 7.74. The summed E-state index contributed by atoms with van der Waals surface area (Å²) < 4.78 is 4.50. The van der Waals surface area contributed by atoms with Crippen molar-refractivity contribution in [1.82, 2.24) is 28.9 Å². The maximum Gasteiger partial charge on any atom is 0.221 e. The smallest absolute Gasteiger partial charge is 0.221 e. The molecule has 0 N–H and O–H groups in total. The van der Waals surface area contributed by atoms with Gasteiger partial charge in [0, 0.05) is 32.8 Å². The molecule has 0 aliphatic heterocycles. The van der Waals surface area contributed by atoms with Gasteiger partial charge in [-0.2, -0.15) is 0 Å². The number of benzene rings is 7. The highest BCUT2D eigenvalue weighted by Crippen LogP contribution is 2.37. The Hall–Kier alpha value is -7.44. The van der Waals surface area contributed by atoms with Crippen LogP contribution < -0.4 is 0 Å². The zero-order valence-corrected chi connectivity index (χ0v) is 29.0. The molecule has 4 heterocycles. The molecule has 0 bridgehead atoms. The number of hydrogen-bond donors (Lipinski definition) is 0. The zero-order chi connectivity index (χ0) is 35.6. The summed E-state index contributed by atoms with van der Waals surface area (Å²) >= 11 is 0. The van der Waals surface area contributed by atoms with E-state index in [0.29, 0.717) is 5.82 Å². The zero-order valence-electron chi connectivity index (χ0n) is 29.0. The van der Waals surface area contributed by atoms with Crippen molar-refractivity contribution in [3.05, 3.63) is 182 Å². The fraction of sp³-hybridized carbons (Fsp3) is 0. The quantitative estimate of drug-likeness (QED) is 0.180. The highest BCUT2D eigenvalue weighted by Gasteiger charge is 2.20. The van der Waals surface area contributed by atoms with Crippen molar-refractivity contribution in [3.63, 3.8) is 0 Å². The molecule has 6 nitrogen and oxygen atoms in total. The Morgan fingerprint density at radius 2 is 0.889 bits per heavy atom. The molecule has 11 aromatic rings. The topological polar surface area (TPSA) is 60.9 Å². The number of nitrogens with zero attached hydrogens (tertiary/aromatic N) is 6. The van der Waals surface area contributed by atoms with Crippen LogP contribution in [0.4, 0.5) is 0 Å². The van der Waals surface area contributed by atoms with Crippen LogP contribution in [0, 0.1) is 0 Å². The molecule has 252 valence electrons. The Balaban J connectivity index is 1.08. The van der Waals surface area contributed by atoms with Gasteiger partial charge in [-0.15, -0.1) is 0 Å². The average molecular weight is 691 g/mol. The highest BCUT2D eigenvalue weighted by atomic mass is 15.2. The summed E-state index contributed by atoms with van der Waals surface area (Å²) in [5, 5.41) is 3.36. The molecule has 7 aromatic carbocycles. The van der Waals surface area contributed by atoms with Gasteiger partial charge in [-0.3, -0.25) is 8.97 Å². The van der Waals surface area contributed by atoms with E-state index in [9.17, 15) is 0 Å². The minimum absolute atomic E-state index is 0.691. The average Bonchev–Trinajstić information content (AvgIpc) is 3.80. The predicted molar refractivity (Wildman–Crippen MR) is 220 cm³/mol. The molecule has 0 saturated heterocycles. The number of para-hydroxylation sites is 4. The van der Waals surface area contributed by atoms with Gasteiger partial charge in [0.2, 0.25) is 5.95 Å². The summed E-state index contributed by atoms with van der Waals surface area (Å²) in [5.74, 6) is 1.50. The lowest BCUT2D eigenvalue weighted by Crippen LogP contribution is -2.06. The molecule has 0 aliphatic rings. The van der Waals surface area contributed by atoms with Gasteiger partial charge in [0.1, 0.15) is 5.65 Å². The third kappa shape index (κ3) is 4.81.